The molecular weight excluding hydrogens is 162 g/mol. The first-order valence-corrected chi connectivity index (χ1v) is 5.47. The predicted molar refractivity (Wildman–Crippen MR) is 58.1 cm³/mol. The van der Waals surface area contributed by atoms with Gasteiger partial charge in [0.25, 0.3) is 0 Å². The minimum Gasteiger partial charge on any atom is -0.377 e. The van der Waals surface area contributed by atoms with E-state index in [0.717, 1.165) is 13.2 Å². The summed E-state index contributed by atoms with van der Waals surface area (Å²) in [5, 5.41) is 0. The molecule has 80 valence electrons. The van der Waals surface area contributed by atoms with Crippen LogP contribution in [-0.2, 0) is 4.74 Å². The van der Waals surface area contributed by atoms with Gasteiger partial charge in [0.2, 0.25) is 0 Å². The fraction of sp³-hybridized carbons (Fsp3) is 1.00. The maximum atomic E-state index is 5.48. The van der Waals surface area contributed by atoms with E-state index in [1.165, 1.54) is 25.8 Å². The van der Waals surface area contributed by atoms with Crippen LogP contribution in [-0.4, -0.2) is 37.7 Å². The zero-order valence-corrected chi connectivity index (χ0v) is 9.68. The van der Waals surface area contributed by atoms with Crippen molar-refractivity contribution in [2.45, 2.75) is 46.1 Å². The zero-order chi connectivity index (χ0) is 10.1. The summed E-state index contributed by atoms with van der Waals surface area (Å²) in [7, 11) is 2.17. The minimum absolute atomic E-state index is 0.365. The van der Waals surface area contributed by atoms with Crippen LogP contribution in [0.5, 0.6) is 0 Å². The summed E-state index contributed by atoms with van der Waals surface area (Å²) >= 11 is 0. The van der Waals surface area contributed by atoms with Crippen LogP contribution in [0.15, 0.2) is 0 Å². The van der Waals surface area contributed by atoms with E-state index in [1.807, 2.05) is 0 Å². The van der Waals surface area contributed by atoms with Crippen molar-refractivity contribution in [3.63, 3.8) is 0 Å². The normalized spacial score (nSPS) is 11.5. The van der Waals surface area contributed by atoms with Crippen molar-refractivity contribution in [2.24, 2.45) is 0 Å². The first-order chi connectivity index (χ1) is 6.16. The van der Waals surface area contributed by atoms with Gasteiger partial charge in [0, 0.05) is 6.54 Å². The number of unbranched alkanes of at least 4 members (excludes halogenated alkanes) is 2. The van der Waals surface area contributed by atoms with Gasteiger partial charge in [0.05, 0.1) is 12.7 Å². The SMILES string of the molecule is CCCCCN(C)CCOC(C)C. The number of ether oxygens (including phenoxy) is 1. The third-order valence-electron chi connectivity index (χ3n) is 2.07. The summed E-state index contributed by atoms with van der Waals surface area (Å²) in [5.74, 6) is 0. The summed E-state index contributed by atoms with van der Waals surface area (Å²) in [4.78, 5) is 2.35. The van der Waals surface area contributed by atoms with Gasteiger partial charge in [-0.1, -0.05) is 19.8 Å². The van der Waals surface area contributed by atoms with E-state index in [9.17, 15) is 0 Å². The molecular formula is C11H25NO. The Labute approximate surface area is 83.3 Å². The highest BCUT2D eigenvalue weighted by atomic mass is 16.5. The van der Waals surface area contributed by atoms with Crippen LogP contribution < -0.4 is 0 Å². The lowest BCUT2D eigenvalue weighted by Gasteiger charge is -2.17. The summed E-state index contributed by atoms with van der Waals surface area (Å²) < 4.78 is 5.48. The van der Waals surface area contributed by atoms with Crippen LogP contribution in [0.25, 0.3) is 0 Å². The van der Waals surface area contributed by atoms with Gasteiger partial charge in [-0.3, -0.25) is 0 Å². The molecule has 0 spiro atoms. The molecule has 0 aromatic heterocycles. The lowest BCUT2D eigenvalue weighted by molar-refractivity contribution is 0.0636. The second-order valence-corrected chi connectivity index (χ2v) is 3.93. The van der Waals surface area contributed by atoms with E-state index >= 15 is 0 Å². The summed E-state index contributed by atoms with van der Waals surface area (Å²) in [6.07, 6.45) is 4.32. The molecule has 0 aliphatic carbocycles. The maximum Gasteiger partial charge on any atom is 0.0596 e. The van der Waals surface area contributed by atoms with Crippen LogP contribution in [0, 0.1) is 0 Å². The molecule has 0 heterocycles. The third kappa shape index (κ3) is 9.84. The molecule has 0 aliphatic heterocycles. The van der Waals surface area contributed by atoms with Crippen molar-refractivity contribution >= 4 is 0 Å². The molecule has 0 fully saturated rings. The summed E-state index contributed by atoms with van der Waals surface area (Å²) in [6.45, 7) is 9.52. The second-order valence-electron chi connectivity index (χ2n) is 3.93. The molecule has 0 rings (SSSR count). The van der Waals surface area contributed by atoms with E-state index in [2.05, 4.69) is 32.7 Å². The van der Waals surface area contributed by atoms with Gasteiger partial charge in [0.1, 0.15) is 0 Å². The Morgan fingerprint density at radius 2 is 1.85 bits per heavy atom. The maximum absolute atomic E-state index is 5.48. The molecule has 0 radical (unpaired) electrons. The number of hydrogen-bond donors (Lipinski definition) is 0. The van der Waals surface area contributed by atoms with E-state index < -0.39 is 0 Å². The first kappa shape index (κ1) is 12.9. The number of likely N-dealkylation sites (N-methyl/N-ethyl adjacent to an activating group) is 1. The van der Waals surface area contributed by atoms with Gasteiger partial charge < -0.3 is 9.64 Å². The molecule has 0 bridgehead atoms. The third-order valence-corrected chi connectivity index (χ3v) is 2.07. The molecule has 0 unspecified atom stereocenters. The second kappa shape index (κ2) is 8.52. The Kier molecular flexibility index (Phi) is 8.46. The molecule has 0 aromatic carbocycles. The molecule has 2 heteroatoms. The van der Waals surface area contributed by atoms with Crippen LogP contribution in [0.1, 0.15) is 40.0 Å². The molecule has 0 saturated carbocycles. The molecule has 13 heavy (non-hydrogen) atoms. The fourth-order valence-corrected chi connectivity index (χ4v) is 1.19. The van der Waals surface area contributed by atoms with E-state index in [-0.39, 0.29) is 0 Å². The molecule has 0 saturated heterocycles. The highest BCUT2D eigenvalue weighted by molar-refractivity contribution is 4.51. The van der Waals surface area contributed by atoms with Crippen LogP contribution in [0.2, 0.25) is 0 Å². The Morgan fingerprint density at radius 1 is 1.15 bits per heavy atom. The Morgan fingerprint density at radius 3 is 2.38 bits per heavy atom. The van der Waals surface area contributed by atoms with Gasteiger partial charge >= 0.3 is 0 Å². The van der Waals surface area contributed by atoms with Crippen LogP contribution in [0.4, 0.5) is 0 Å². The quantitative estimate of drug-likeness (QED) is 0.541. The van der Waals surface area contributed by atoms with Crippen molar-refractivity contribution in [3.8, 4) is 0 Å². The average Bonchev–Trinajstić information content (AvgIpc) is 2.04. The smallest absolute Gasteiger partial charge is 0.0596 e. The Hall–Kier alpha value is -0.0800. The molecule has 0 N–H and O–H groups in total. The topological polar surface area (TPSA) is 12.5 Å². The zero-order valence-electron chi connectivity index (χ0n) is 9.68. The van der Waals surface area contributed by atoms with Crippen molar-refractivity contribution in [1.29, 1.82) is 0 Å². The minimum atomic E-state index is 0.365. The number of hydrogen-bond acceptors (Lipinski definition) is 2. The molecule has 0 atom stereocenters. The van der Waals surface area contributed by atoms with Gasteiger partial charge in [-0.15, -0.1) is 0 Å². The van der Waals surface area contributed by atoms with Crippen LogP contribution >= 0.6 is 0 Å². The van der Waals surface area contributed by atoms with Crippen molar-refractivity contribution in [3.05, 3.63) is 0 Å². The molecule has 2 nitrogen and oxygen atoms in total. The summed E-state index contributed by atoms with van der Waals surface area (Å²) in [5.41, 5.74) is 0. The van der Waals surface area contributed by atoms with Crippen molar-refractivity contribution in [2.75, 3.05) is 26.7 Å². The predicted octanol–water partition coefficient (Wildman–Crippen LogP) is 2.53. The standard InChI is InChI=1S/C11H25NO/c1-5-6-7-8-12(4)9-10-13-11(2)3/h11H,5-10H2,1-4H3. The van der Waals surface area contributed by atoms with Crippen molar-refractivity contribution < 1.29 is 4.74 Å². The lowest BCUT2D eigenvalue weighted by Crippen LogP contribution is -2.25. The van der Waals surface area contributed by atoms with Gasteiger partial charge in [0.15, 0.2) is 0 Å². The lowest BCUT2D eigenvalue weighted by atomic mass is 10.2. The average molecular weight is 187 g/mol. The van der Waals surface area contributed by atoms with Crippen molar-refractivity contribution in [1.82, 2.24) is 4.90 Å². The van der Waals surface area contributed by atoms with E-state index in [0.29, 0.717) is 6.10 Å². The highest BCUT2D eigenvalue weighted by Crippen LogP contribution is 1.96. The Bertz CT molecular complexity index is 104. The van der Waals surface area contributed by atoms with E-state index in [1.54, 1.807) is 0 Å². The van der Waals surface area contributed by atoms with Gasteiger partial charge in [-0.05, 0) is 33.9 Å². The number of rotatable bonds is 8. The van der Waals surface area contributed by atoms with E-state index in [4.69, 9.17) is 4.74 Å². The molecule has 0 amide bonds. The Balaban J connectivity index is 3.15. The first-order valence-electron chi connectivity index (χ1n) is 5.47. The monoisotopic (exact) mass is 187 g/mol. The molecule has 0 aromatic rings. The number of nitrogens with zero attached hydrogens (tertiary/aromatic N) is 1. The summed E-state index contributed by atoms with van der Waals surface area (Å²) in [6, 6.07) is 0. The highest BCUT2D eigenvalue weighted by Gasteiger charge is 1.98. The van der Waals surface area contributed by atoms with Gasteiger partial charge in [-0.25, -0.2) is 0 Å². The largest absolute Gasteiger partial charge is 0.377 e. The fourth-order valence-electron chi connectivity index (χ4n) is 1.19. The van der Waals surface area contributed by atoms with Gasteiger partial charge in [-0.2, -0.15) is 0 Å². The molecule has 0 aliphatic rings. The van der Waals surface area contributed by atoms with Crippen LogP contribution in [0.3, 0.4) is 0 Å².